The standard InChI is InChI=1S/C15H22N2O/c1-10-5-3-7-13(11(10)2)15(18)17-9-12-6-4-8-14(12)16/h3,5,7,12,14H,4,6,8-9,16H2,1-2H3,(H,17,18). The summed E-state index contributed by atoms with van der Waals surface area (Å²) in [5.74, 6) is 0.467. The van der Waals surface area contributed by atoms with Gasteiger partial charge in [-0.1, -0.05) is 18.6 Å². The largest absolute Gasteiger partial charge is 0.352 e. The van der Waals surface area contributed by atoms with Gasteiger partial charge < -0.3 is 11.1 Å². The van der Waals surface area contributed by atoms with Crippen LogP contribution in [-0.4, -0.2) is 18.5 Å². The van der Waals surface area contributed by atoms with Crippen LogP contribution in [0, 0.1) is 19.8 Å². The SMILES string of the molecule is Cc1cccc(C(=O)NCC2CCCC2N)c1C. The molecule has 3 nitrogen and oxygen atoms in total. The average molecular weight is 246 g/mol. The third-order valence-corrected chi connectivity index (χ3v) is 4.09. The number of carbonyl (C=O) groups excluding carboxylic acids is 1. The Morgan fingerprint density at radius 1 is 1.39 bits per heavy atom. The highest BCUT2D eigenvalue weighted by atomic mass is 16.1. The first-order valence-electron chi connectivity index (χ1n) is 6.69. The smallest absolute Gasteiger partial charge is 0.251 e. The normalized spacial score (nSPS) is 23.1. The number of aryl methyl sites for hydroxylation is 1. The van der Waals surface area contributed by atoms with Gasteiger partial charge in [-0.05, 0) is 49.8 Å². The van der Waals surface area contributed by atoms with Crippen LogP contribution < -0.4 is 11.1 Å². The van der Waals surface area contributed by atoms with Gasteiger partial charge in [-0.25, -0.2) is 0 Å². The Morgan fingerprint density at radius 3 is 2.83 bits per heavy atom. The van der Waals surface area contributed by atoms with Gasteiger partial charge in [0, 0.05) is 18.2 Å². The first kappa shape index (κ1) is 13.1. The fourth-order valence-electron chi connectivity index (χ4n) is 2.64. The lowest BCUT2D eigenvalue weighted by Gasteiger charge is -2.16. The molecule has 3 heteroatoms. The molecule has 2 unspecified atom stereocenters. The van der Waals surface area contributed by atoms with Crippen molar-refractivity contribution in [3.05, 3.63) is 34.9 Å². The van der Waals surface area contributed by atoms with Gasteiger partial charge in [-0.3, -0.25) is 4.79 Å². The number of nitrogens with one attached hydrogen (secondary N) is 1. The molecule has 1 aromatic carbocycles. The summed E-state index contributed by atoms with van der Waals surface area (Å²) in [6.07, 6.45) is 3.41. The van der Waals surface area contributed by atoms with E-state index in [1.807, 2.05) is 32.0 Å². The fourth-order valence-corrected chi connectivity index (χ4v) is 2.64. The summed E-state index contributed by atoms with van der Waals surface area (Å²) in [7, 11) is 0. The summed E-state index contributed by atoms with van der Waals surface area (Å²) in [5, 5.41) is 3.02. The minimum absolute atomic E-state index is 0.0234. The summed E-state index contributed by atoms with van der Waals surface area (Å²) < 4.78 is 0. The Hall–Kier alpha value is -1.35. The predicted octanol–water partition coefficient (Wildman–Crippen LogP) is 2.16. The van der Waals surface area contributed by atoms with E-state index in [1.54, 1.807) is 0 Å². The summed E-state index contributed by atoms with van der Waals surface area (Å²) >= 11 is 0. The van der Waals surface area contributed by atoms with Gasteiger partial charge in [0.25, 0.3) is 5.91 Å². The highest BCUT2D eigenvalue weighted by Crippen LogP contribution is 2.23. The van der Waals surface area contributed by atoms with Gasteiger partial charge in [0.05, 0.1) is 0 Å². The Bertz CT molecular complexity index is 442. The summed E-state index contributed by atoms with van der Waals surface area (Å²) in [6.45, 7) is 4.72. The molecule has 1 aliphatic rings. The van der Waals surface area contributed by atoms with Crippen molar-refractivity contribution >= 4 is 5.91 Å². The Labute approximate surface area is 109 Å². The van der Waals surface area contributed by atoms with E-state index in [2.05, 4.69) is 5.32 Å². The molecular formula is C15H22N2O. The van der Waals surface area contributed by atoms with Crippen molar-refractivity contribution in [2.24, 2.45) is 11.7 Å². The lowest BCUT2D eigenvalue weighted by Crippen LogP contribution is -2.36. The number of carbonyl (C=O) groups is 1. The predicted molar refractivity (Wildman–Crippen MR) is 73.6 cm³/mol. The maximum Gasteiger partial charge on any atom is 0.251 e. The van der Waals surface area contributed by atoms with Crippen molar-refractivity contribution in [1.29, 1.82) is 0 Å². The van der Waals surface area contributed by atoms with Crippen molar-refractivity contribution < 1.29 is 4.79 Å². The third kappa shape index (κ3) is 2.72. The Balaban J connectivity index is 1.97. The van der Waals surface area contributed by atoms with Crippen LogP contribution in [0.15, 0.2) is 18.2 Å². The lowest BCUT2D eigenvalue weighted by molar-refractivity contribution is 0.0946. The molecule has 3 N–H and O–H groups in total. The molecule has 1 amide bonds. The molecule has 1 saturated carbocycles. The minimum Gasteiger partial charge on any atom is -0.352 e. The van der Waals surface area contributed by atoms with Crippen LogP contribution in [-0.2, 0) is 0 Å². The van der Waals surface area contributed by atoms with E-state index in [1.165, 1.54) is 6.42 Å². The first-order chi connectivity index (χ1) is 8.59. The number of rotatable bonds is 3. The molecule has 2 rings (SSSR count). The quantitative estimate of drug-likeness (QED) is 0.858. The molecule has 2 atom stereocenters. The molecule has 0 saturated heterocycles. The van der Waals surface area contributed by atoms with E-state index >= 15 is 0 Å². The number of hydrogen-bond acceptors (Lipinski definition) is 2. The van der Waals surface area contributed by atoms with Gasteiger partial charge >= 0.3 is 0 Å². The highest BCUT2D eigenvalue weighted by molar-refractivity contribution is 5.95. The molecule has 18 heavy (non-hydrogen) atoms. The molecule has 1 aromatic rings. The molecule has 1 fully saturated rings. The maximum absolute atomic E-state index is 12.1. The van der Waals surface area contributed by atoms with Gasteiger partial charge in [0.1, 0.15) is 0 Å². The van der Waals surface area contributed by atoms with Crippen molar-refractivity contribution in [2.45, 2.75) is 39.2 Å². The third-order valence-electron chi connectivity index (χ3n) is 4.09. The van der Waals surface area contributed by atoms with Crippen molar-refractivity contribution in [1.82, 2.24) is 5.32 Å². The first-order valence-corrected chi connectivity index (χ1v) is 6.69. The van der Waals surface area contributed by atoms with E-state index in [0.29, 0.717) is 12.5 Å². The van der Waals surface area contributed by atoms with E-state index in [-0.39, 0.29) is 11.9 Å². The molecule has 0 spiro atoms. The van der Waals surface area contributed by atoms with Crippen LogP contribution in [0.4, 0.5) is 0 Å². The molecule has 0 aromatic heterocycles. The van der Waals surface area contributed by atoms with Crippen molar-refractivity contribution in [3.8, 4) is 0 Å². The minimum atomic E-state index is 0.0234. The molecule has 0 radical (unpaired) electrons. The molecule has 1 aliphatic carbocycles. The number of amides is 1. The number of benzene rings is 1. The van der Waals surface area contributed by atoms with Crippen LogP contribution >= 0.6 is 0 Å². The van der Waals surface area contributed by atoms with E-state index in [4.69, 9.17) is 5.73 Å². The number of hydrogen-bond donors (Lipinski definition) is 2. The molecule has 0 heterocycles. The second-order valence-corrected chi connectivity index (χ2v) is 5.31. The van der Waals surface area contributed by atoms with E-state index in [9.17, 15) is 4.79 Å². The zero-order valence-electron chi connectivity index (χ0n) is 11.2. The second kappa shape index (κ2) is 5.53. The topological polar surface area (TPSA) is 55.1 Å². The molecule has 98 valence electrons. The fraction of sp³-hybridized carbons (Fsp3) is 0.533. The van der Waals surface area contributed by atoms with Gasteiger partial charge in [-0.15, -0.1) is 0 Å². The Morgan fingerprint density at radius 2 is 2.17 bits per heavy atom. The molecule has 0 aliphatic heterocycles. The van der Waals surface area contributed by atoms with Crippen LogP contribution in [0.2, 0.25) is 0 Å². The molecular weight excluding hydrogens is 224 g/mol. The summed E-state index contributed by atoms with van der Waals surface area (Å²) in [5.41, 5.74) is 9.00. The monoisotopic (exact) mass is 246 g/mol. The van der Waals surface area contributed by atoms with E-state index in [0.717, 1.165) is 29.5 Å². The van der Waals surface area contributed by atoms with Crippen LogP contribution in [0.1, 0.15) is 40.7 Å². The van der Waals surface area contributed by atoms with Crippen LogP contribution in [0.5, 0.6) is 0 Å². The highest BCUT2D eigenvalue weighted by Gasteiger charge is 2.24. The van der Waals surface area contributed by atoms with Crippen molar-refractivity contribution in [3.63, 3.8) is 0 Å². The van der Waals surface area contributed by atoms with Crippen molar-refractivity contribution in [2.75, 3.05) is 6.54 Å². The van der Waals surface area contributed by atoms with Gasteiger partial charge in [-0.2, -0.15) is 0 Å². The van der Waals surface area contributed by atoms with Crippen LogP contribution in [0.25, 0.3) is 0 Å². The van der Waals surface area contributed by atoms with Gasteiger partial charge in [0.2, 0.25) is 0 Å². The summed E-state index contributed by atoms with van der Waals surface area (Å²) in [4.78, 5) is 12.1. The zero-order valence-corrected chi connectivity index (χ0v) is 11.2. The van der Waals surface area contributed by atoms with Crippen LogP contribution in [0.3, 0.4) is 0 Å². The zero-order chi connectivity index (χ0) is 13.1. The second-order valence-electron chi connectivity index (χ2n) is 5.31. The Kier molecular flexibility index (Phi) is 4.02. The number of nitrogens with two attached hydrogens (primary N) is 1. The maximum atomic E-state index is 12.1. The molecule has 0 bridgehead atoms. The lowest BCUT2D eigenvalue weighted by atomic mass is 10.0. The summed E-state index contributed by atoms with van der Waals surface area (Å²) in [6, 6.07) is 6.09. The average Bonchev–Trinajstić information content (AvgIpc) is 2.75. The van der Waals surface area contributed by atoms with Gasteiger partial charge in [0.15, 0.2) is 0 Å². The van der Waals surface area contributed by atoms with E-state index < -0.39 is 0 Å².